The molecule has 0 fully saturated rings. The summed E-state index contributed by atoms with van der Waals surface area (Å²) in [7, 11) is 0. The van der Waals surface area contributed by atoms with Gasteiger partial charge in [-0.3, -0.25) is 0 Å². The van der Waals surface area contributed by atoms with Crippen molar-refractivity contribution in [2.24, 2.45) is 11.3 Å². The van der Waals surface area contributed by atoms with Crippen LogP contribution in [-0.2, 0) is 0 Å². The van der Waals surface area contributed by atoms with Crippen LogP contribution in [0.1, 0.15) is 167 Å². The van der Waals surface area contributed by atoms with Gasteiger partial charge in [0.15, 0.2) is 0 Å². The lowest BCUT2D eigenvalue weighted by atomic mass is 9.64. The van der Waals surface area contributed by atoms with Gasteiger partial charge in [-0.05, 0) is 36.3 Å². The van der Waals surface area contributed by atoms with Gasteiger partial charge in [-0.15, -0.1) is 0 Å². The van der Waals surface area contributed by atoms with Crippen molar-refractivity contribution < 1.29 is 10.2 Å². The standard InChI is InChI=1S/C40H66O2/c1-6-7-8-9-10-13-16-25-32-40(42,39(4,5)38(41)34(2)3)33-26-17-14-11-12-15-24-31-37(35-27-20-18-21-28-35)36-29-22-19-23-30-36/h18-23,27-30,34,37-38,41-42H,6-17,24-26,31-33H2,1-5H3. The predicted octanol–water partition coefficient (Wildman–Crippen LogP) is 11.6. The average molecular weight is 579 g/mol. The topological polar surface area (TPSA) is 40.5 Å². The average Bonchev–Trinajstić information content (AvgIpc) is 2.99. The molecule has 0 radical (unpaired) electrons. The summed E-state index contributed by atoms with van der Waals surface area (Å²) in [4.78, 5) is 0. The van der Waals surface area contributed by atoms with E-state index >= 15 is 0 Å². The van der Waals surface area contributed by atoms with Crippen LogP contribution in [0, 0.1) is 11.3 Å². The molecular weight excluding hydrogens is 512 g/mol. The van der Waals surface area contributed by atoms with Crippen LogP contribution in [0.4, 0.5) is 0 Å². The molecule has 0 aliphatic carbocycles. The lowest BCUT2D eigenvalue weighted by molar-refractivity contribution is -0.148. The van der Waals surface area contributed by atoms with E-state index in [1.165, 1.54) is 101 Å². The molecule has 42 heavy (non-hydrogen) atoms. The van der Waals surface area contributed by atoms with Gasteiger partial charge in [0.2, 0.25) is 0 Å². The van der Waals surface area contributed by atoms with Crippen molar-refractivity contribution in [3.05, 3.63) is 71.8 Å². The summed E-state index contributed by atoms with van der Waals surface area (Å²) >= 11 is 0. The highest BCUT2D eigenvalue weighted by Gasteiger charge is 2.47. The number of unbranched alkanes of at least 4 members (excludes halogenated alkanes) is 13. The Morgan fingerprint density at radius 1 is 0.571 bits per heavy atom. The monoisotopic (exact) mass is 579 g/mol. The van der Waals surface area contributed by atoms with Gasteiger partial charge in [-0.25, -0.2) is 0 Å². The molecule has 0 aliphatic rings. The third-order valence-electron chi connectivity index (χ3n) is 10.0. The molecule has 2 rings (SSSR count). The summed E-state index contributed by atoms with van der Waals surface area (Å²) < 4.78 is 0. The highest BCUT2D eigenvalue weighted by atomic mass is 16.3. The summed E-state index contributed by atoms with van der Waals surface area (Å²) in [5.74, 6) is 0.629. The van der Waals surface area contributed by atoms with Gasteiger partial charge >= 0.3 is 0 Å². The van der Waals surface area contributed by atoms with Crippen LogP contribution in [0.5, 0.6) is 0 Å². The first-order valence-electron chi connectivity index (χ1n) is 17.7. The molecule has 0 bridgehead atoms. The Morgan fingerprint density at radius 2 is 0.952 bits per heavy atom. The summed E-state index contributed by atoms with van der Waals surface area (Å²) in [6.07, 6.45) is 21.1. The molecule has 2 unspecified atom stereocenters. The first-order chi connectivity index (χ1) is 20.2. The molecule has 2 atom stereocenters. The quantitative estimate of drug-likeness (QED) is 0.122. The van der Waals surface area contributed by atoms with Crippen molar-refractivity contribution in [3.8, 4) is 0 Å². The Labute approximate surface area is 260 Å². The fraction of sp³-hybridized carbons (Fsp3) is 0.700. The number of rotatable bonds is 24. The van der Waals surface area contributed by atoms with Gasteiger partial charge in [0.05, 0.1) is 11.7 Å². The molecule has 0 aromatic heterocycles. The van der Waals surface area contributed by atoms with Crippen LogP contribution in [0.15, 0.2) is 60.7 Å². The zero-order valence-electron chi connectivity index (χ0n) is 28.1. The maximum Gasteiger partial charge on any atom is 0.0723 e. The predicted molar refractivity (Wildman–Crippen MR) is 183 cm³/mol. The Morgan fingerprint density at radius 3 is 1.36 bits per heavy atom. The zero-order chi connectivity index (χ0) is 30.7. The first kappa shape index (κ1) is 36.6. The van der Waals surface area contributed by atoms with Crippen LogP contribution < -0.4 is 0 Å². The number of hydrogen-bond donors (Lipinski definition) is 2. The highest BCUT2D eigenvalue weighted by Crippen LogP contribution is 2.44. The summed E-state index contributed by atoms with van der Waals surface area (Å²) in [6, 6.07) is 21.9. The van der Waals surface area contributed by atoms with Crippen LogP contribution in [0.25, 0.3) is 0 Å². The minimum Gasteiger partial charge on any atom is -0.392 e. The molecule has 0 saturated heterocycles. The van der Waals surface area contributed by atoms with Crippen LogP contribution >= 0.6 is 0 Å². The summed E-state index contributed by atoms with van der Waals surface area (Å²) in [5.41, 5.74) is 1.54. The number of benzene rings is 2. The van der Waals surface area contributed by atoms with Gasteiger partial charge in [0.1, 0.15) is 0 Å². The fourth-order valence-electron chi connectivity index (χ4n) is 6.98. The van der Waals surface area contributed by atoms with Crippen LogP contribution in [-0.4, -0.2) is 21.9 Å². The van der Waals surface area contributed by atoms with Gasteiger partial charge in [-0.2, -0.15) is 0 Å². The van der Waals surface area contributed by atoms with E-state index in [4.69, 9.17) is 0 Å². The van der Waals surface area contributed by atoms with E-state index in [9.17, 15) is 10.2 Å². The maximum absolute atomic E-state index is 12.0. The molecule has 2 heteroatoms. The SMILES string of the molecule is CCCCCCCCCCC(O)(CCCCCCCCCC(c1ccccc1)c1ccccc1)C(C)(C)C(O)C(C)C. The number of aliphatic hydroxyl groups excluding tert-OH is 1. The molecule has 238 valence electrons. The number of aliphatic hydroxyl groups is 2. The molecule has 2 aromatic carbocycles. The first-order valence-corrected chi connectivity index (χ1v) is 17.7. The van der Waals surface area contributed by atoms with Crippen molar-refractivity contribution in [1.82, 2.24) is 0 Å². The van der Waals surface area contributed by atoms with Gasteiger partial charge in [-0.1, -0.05) is 192 Å². The van der Waals surface area contributed by atoms with Crippen LogP contribution in [0.2, 0.25) is 0 Å². The highest BCUT2D eigenvalue weighted by molar-refractivity contribution is 5.32. The van der Waals surface area contributed by atoms with Crippen molar-refractivity contribution in [2.45, 2.75) is 168 Å². The second-order valence-electron chi connectivity index (χ2n) is 14.1. The van der Waals surface area contributed by atoms with Gasteiger partial charge in [0, 0.05) is 11.3 Å². The van der Waals surface area contributed by atoms with E-state index in [1.54, 1.807) is 0 Å². The van der Waals surface area contributed by atoms with E-state index in [1.807, 2.05) is 0 Å². The van der Waals surface area contributed by atoms with Crippen molar-refractivity contribution in [2.75, 3.05) is 0 Å². The molecule has 0 saturated carbocycles. The van der Waals surface area contributed by atoms with E-state index in [0.29, 0.717) is 5.92 Å². The normalized spacial score (nSPS) is 14.4. The third-order valence-corrected chi connectivity index (χ3v) is 10.0. The zero-order valence-corrected chi connectivity index (χ0v) is 28.1. The van der Waals surface area contributed by atoms with E-state index in [-0.39, 0.29) is 5.92 Å². The minimum absolute atomic E-state index is 0.147. The van der Waals surface area contributed by atoms with Gasteiger partial charge < -0.3 is 10.2 Å². The largest absolute Gasteiger partial charge is 0.392 e. The molecule has 2 N–H and O–H groups in total. The lowest BCUT2D eigenvalue weighted by Gasteiger charge is -2.47. The number of hydrogen-bond acceptors (Lipinski definition) is 2. The second-order valence-corrected chi connectivity index (χ2v) is 14.1. The van der Waals surface area contributed by atoms with Crippen molar-refractivity contribution in [3.63, 3.8) is 0 Å². The molecule has 0 spiro atoms. The third kappa shape index (κ3) is 12.5. The van der Waals surface area contributed by atoms with E-state index in [2.05, 4.69) is 95.3 Å². The van der Waals surface area contributed by atoms with Crippen molar-refractivity contribution in [1.29, 1.82) is 0 Å². The Kier molecular flexibility index (Phi) is 17.7. The molecule has 2 aromatic rings. The smallest absolute Gasteiger partial charge is 0.0723 e. The van der Waals surface area contributed by atoms with Crippen molar-refractivity contribution >= 4 is 0 Å². The fourth-order valence-corrected chi connectivity index (χ4v) is 6.98. The summed E-state index contributed by atoms with van der Waals surface area (Å²) in [5, 5.41) is 23.0. The lowest BCUT2D eigenvalue weighted by Crippen LogP contribution is -2.53. The molecule has 2 nitrogen and oxygen atoms in total. The molecular formula is C40H66O2. The molecule has 0 heterocycles. The Hall–Kier alpha value is -1.64. The van der Waals surface area contributed by atoms with E-state index < -0.39 is 17.1 Å². The minimum atomic E-state index is -0.803. The van der Waals surface area contributed by atoms with E-state index in [0.717, 1.165) is 25.7 Å². The van der Waals surface area contributed by atoms with Crippen LogP contribution in [0.3, 0.4) is 0 Å². The second kappa shape index (κ2) is 20.3. The molecule has 0 amide bonds. The Bertz CT molecular complexity index is 866. The Balaban J connectivity index is 1.74. The molecule has 0 aliphatic heterocycles. The maximum atomic E-state index is 12.0. The summed E-state index contributed by atoms with van der Waals surface area (Å²) in [6.45, 7) is 10.6. The van der Waals surface area contributed by atoms with Gasteiger partial charge in [0.25, 0.3) is 0 Å².